The standard InChI is InChI=1S/C11H14N4O3/c1-4-7(16)6-5-12-9-8(13-6)10(17)15(3)11(18)14(9)2/h5,7,16H,4H2,1-3H3/t7-/m1/s1. The van der Waals surface area contributed by atoms with Crippen molar-refractivity contribution in [2.24, 2.45) is 14.1 Å². The smallest absolute Gasteiger partial charge is 0.332 e. The van der Waals surface area contributed by atoms with Gasteiger partial charge in [-0.15, -0.1) is 0 Å². The van der Waals surface area contributed by atoms with E-state index in [0.717, 1.165) is 4.57 Å². The van der Waals surface area contributed by atoms with Gasteiger partial charge in [-0.3, -0.25) is 13.9 Å². The molecule has 0 unspecified atom stereocenters. The minimum absolute atomic E-state index is 0.0876. The monoisotopic (exact) mass is 250 g/mol. The third-order valence-electron chi connectivity index (χ3n) is 2.90. The van der Waals surface area contributed by atoms with Crippen molar-refractivity contribution in [3.63, 3.8) is 0 Å². The Morgan fingerprint density at radius 3 is 2.61 bits per heavy atom. The first-order valence-electron chi connectivity index (χ1n) is 5.58. The lowest BCUT2D eigenvalue weighted by Gasteiger charge is -2.09. The highest BCUT2D eigenvalue weighted by Gasteiger charge is 2.14. The zero-order valence-corrected chi connectivity index (χ0v) is 10.4. The van der Waals surface area contributed by atoms with Crippen LogP contribution in [0.25, 0.3) is 11.2 Å². The van der Waals surface area contributed by atoms with E-state index >= 15 is 0 Å². The molecule has 0 bridgehead atoms. The van der Waals surface area contributed by atoms with Crippen LogP contribution in [0, 0.1) is 0 Å². The molecular formula is C11H14N4O3. The van der Waals surface area contributed by atoms with Crippen LogP contribution in [0.4, 0.5) is 0 Å². The summed E-state index contributed by atoms with van der Waals surface area (Å²) in [7, 11) is 2.91. The first kappa shape index (κ1) is 12.4. The summed E-state index contributed by atoms with van der Waals surface area (Å²) in [4.78, 5) is 31.8. The Labute approximate surface area is 102 Å². The molecule has 0 fully saturated rings. The molecule has 0 radical (unpaired) electrons. The first-order valence-corrected chi connectivity index (χ1v) is 5.58. The predicted molar refractivity (Wildman–Crippen MR) is 65.3 cm³/mol. The van der Waals surface area contributed by atoms with Crippen molar-refractivity contribution in [1.29, 1.82) is 0 Å². The fourth-order valence-electron chi connectivity index (χ4n) is 1.72. The third-order valence-corrected chi connectivity index (χ3v) is 2.90. The van der Waals surface area contributed by atoms with Crippen molar-refractivity contribution >= 4 is 11.2 Å². The van der Waals surface area contributed by atoms with E-state index in [0.29, 0.717) is 12.1 Å². The van der Waals surface area contributed by atoms with Gasteiger partial charge >= 0.3 is 5.69 Å². The Kier molecular flexibility index (Phi) is 3.00. The Bertz CT molecular complexity index is 717. The second-order valence-electron chi connectivity index (χ2n) is 4.10. The second-order valence-corrected chi connectivity index (χ2v) is 4.10. The maximum Gasteiger partial charge on any atom is 0.332 e. The highest BCUT2D eigenvalue weighted by molar-refractivity contribution is 5.68. The minimum Gasteiger partial charge on any atom is -0.387 e. The summed E-state index contributed by atoms with van der Waals surface area (Å²) in [6.45, 7) is 1.80. The molecule has 96 valence electrons. The van der Waals surface area contributed by atoms with Gasteiger partial charge < -0.3 is 5.11 Å². The fourth-order valence-corrected chi connectivity index (χ4v) is 1.72. The lowest BCUT2D eigenvalue weighted by Crippen LogP contribution is -2.37. The van der Waals surface area contributed by atoms with E-state index in [1.165, 1.54) is 24.9 Å². The lowest BCUT2D eigenvalue weighted by molar-refractivity contribution is 0.169. The summed E-state index contributed by atoms with van der Waals surface area (Å²) in [5.74, 6) is 0. The van der Waals surface area contributed by atoms with Gasteiger partial charge in [0.15, 0.2) is 11.2 Å². The van der Waals surface area contributed by atoms with Gasteiger partial charge in [0.05, 0.1) is 18.0 Å². The maximum atomic E-state index is 11.9. The van der Waals surface area contributed by atoms with Crippen LogP contribution in [0.3, 0.4) is 0 Å². The van der Waals surface area contributed by atoms with Gasteiger partial charge in [-0.05, 0) is 6.42 Å². The summed E-state index contributed by atoms with van der Waals surface area (Å²) in [6, 6.07) is 0. The van der Waals surface area contributed by atoms with Crippen LogP contribution < -0.4 is 11.2 Å². The van der Waals surface area contributed by atoms with E-state index in [4.69, 9.17) is 0 Å². The van der Waals surface area contributed by atoms with Crippen LogP contribution in [0.1, 0.15) is 25.1 Å². The third kappa shape index (κ3) is 1.72. The van der Waals surface area contributed by atoms with Crippen LogP contribution in [-0.2, 0) is 14.1 Å². The number of rotatable bonds is 2. The Morgan fingerprint density at radius 1 is 1.33 bits per heavy atom. The molecule has 2 aromatic rings. The minimum atomic E-state index is -0.760. The van der Waals surface area contributed by atoms with E-state index in [9.17, 15) is 14.7 Å². The molecule has 2 heterocycles. The Morgan fingerprint density at radius 2 is 2.00 bits per heavy atom. The molecule has 7 nitrogen and oxygen atoms in total. The molecule has 0 aliphatic rings. The average Bonchev–Trinajstić information content (AvgIpc) is 2.41. The van der Waals surface area contributed by atoms with Crippen molar-refractivity contribution < 1.29 is 5.11 Å². The summed E-state index contributed by atoms with van der Waals surface area (Å²) in [6.07, 6.45) is 1.10. The quantitative estimate of drug-likeness (QED) is 0.773. The van der Waals surface area contributed by atoms with Crippen LogP contribution >= 0.6 is 0 Å². The van der Waals surface area contributed by atoms with Crippen LogP contribution in [0.15, 0.2) is 15.8 Å². The molecule has 0 amide bonds. The molecule has 0 saturated heterocycles. The number of hydrogen-bond donors (Lipinski definition) is 1. The highest BCUT2D eigenvalue weighted by atomic mass is 16.3. The number of fused-ring (bicyclic) bond motifs is 1. The fraction of sp³-hybridized carbons (Fsp3) is 0.455. The first-order chi connectivity index (χ1) is 8.47. The molecule has 0 aliphatic carbocycles. The molecule has 1 atom stereocenters. The molecule has 0 aromatic carbocycles. The molecular weight excluding hydrogens is 236 g/mol. The topological polar surface area (TPSA) is 90.0 Å². The van der Waals surface area contributed by atoms with Crippen LogP contribution in [0.5, 0.6) is 0 Å². The van der Waals surface area contributed by atoms with Crippen molar-refractivity contribution in [2.75, 3.05) is 0 Å². The van der Waals surface area contributed by atoms with Gasteiger partial charge in [-0.2, -0.15) is 0 Å². The van der Waals surface area contributed by atoms with Gasteiger partial charge in [0.1, 0.15) is 0 Å². The number of nitrogens with zero attached hydrogens (tertiary/aromatic N) is 4. The average molecular weight is 250 g/mol. The highest BCUT2D eigenvalue weighted by Crippen LogP contribution is 2.13. The summed E-state index contributed by atoms with van der Waals surface area (Å²) in [5.41, 5.74) is -0.322. The lowest BCUT2D eigenvalue weighted by atomic mass is 10.2. The molecule has 2 rings (SSSR count). The van der Waals surface area contributed by atoms with E-state index in [-0.39, 0.29) is 11.2 Å². The van der Waals surface area contributed by atoms with Gasteiger partial charge in [-0.1, -0.05) is 6.92 Å². The number of aliphatic hydroxyl groups excluding tert-OH is 1. The zero-order chi connectivity index (χ0) is 13.4. The SMILES string of the molecule is CC[C@@H](O)c1cnc2c(n1)c(=O)n(C)c(=O)n2C. The van der Waals surface area contributed by atoms with Gasteiger partial charge in [-0.25, -0.2) is 14.8 Å². The number of aryl methyl sites for hydroxylation is 1. The van der Waals surface area contributed by atoms with Gasteiger partial charge in [0.2, 0.25) is 0 Å². The number of hydrogen-bond acceptors (Lipinski definition) is 5. The number of aliphatic hydroxyl groups is 1. The van der Waals surface area contributed by atoms with Crippen LogP contribution in [0.2, 0.25) is 0 Å². The van der Waals surface area contributed by atoms with Crippen LogP contribution in [-0.4, -0.2) is 24.2 Å². The van der Waals surface area contributed by atoms with E-state index < -0.39 is 17.4 Å². The molecule has 0 spiro atoms. The van der Waals surface area contributed by atoms with Crippen molar-refractivity contribution in [3.05, 3.63) is 32.7 Å². The molecule has 2 aromatic heterocycles. The van der Waals surface area contributed by atoms with Gasteiger partial charge in [0, 0.05) is 14.1 Å². The molecule has 0 saturated carbocycles. The summed E-state index contributed by atoms with van der Waals surface area (Å²) >= 11 is 0. The Hall–Kier alpha value is -2.02. The van der Waals surface area contributed by atoms with Crippen molar-refractivity contribution in [3.8, 4) is 0 Å². The number of aromatic nitrogens is 4. The predicted octanol–water partition coefficient (Wildman–Crippen LogP) is -0.529. The Balaban J connectivity index is 2.87. The largest absolute Gasteiger partial charge is 0.387 e. The zero-order valence-electron chi connectivity index (χ0n) is 10.4. The summed E-state index contributed by atoms with van der Waals surface area (Å²) < 4.78 is 2.23. The second kappa shape index (κ2) is 4.34. The van der Waals surface area contributed by atoms with E-state index in [1.54, 1.807) is 6.92 Å². The van der Waals surface area contributed by atoms with E-state index in [2.05, 4.69) is 9.97 Å². The van der Waals surface area contributed by atoms with Crippen molar-refractivity contribution in [1.82, 2.24) is 19.1 Å². The molecule has 1 N–H and O–H groups in total. The maximum absolute atomic E-state index is 11.9. The molecule has 7 heteroatoms. The van der Waals surface area contributed by atoms with Crippen molar-refractivity contribution in [2.45, 2.75) is 19.4 Å². The molecule has 0 aliphatic heterocycles. The molecule has 18 heavy (non-hydrogen) atoms. The summed E-state index contributed by atoms with van der Waals surface area (Å²) in [5, 5.41) is 9.69. The van der Waals surface area contributed by atoms with Gasteiger partial charge in [0.25, 0.3) is 5.56 Å². The van der Waals surface area contributed by atoms with E-state index in [1.807, 2.05) is 0 Å². The normalized spacial score (nSPS) is 12.9.